The SMILES string of the molecule is C=CCOc1c(I)cc(/C=C(\C#N)c2ccc([N+](=O)[O-])cc2)cc1OCC. The highest BCUT2D eigenvalue weighted by atomic mass is 127. The van der Waals surface area contributed by atoms with Crippen LogP contribution in [0.5, 0.6) is 11.5 Å². The maximum absolute atomic E-state index is 10.8. The summed E-state index contributed by atoms with van der Waals surface area (Å²) in [5, 5.41) is 20.3. The molecule has 6 nitrogen and oxygen atoms in total. The monoisotopic (exact) mass is 476 g/mol. The van der Waals surface area contributed by atoms with Gasteiger partial charge in [-0.05, 0) is 71.0 Å². The van der Waals surface area contributed by atoms with Crippen molar-refractivity contribution >= 4 is 39.9 Å². The van der Waals surface area contributed by atoms with Gasteiger partial charge >= 0.3 is 0 Å². The molecule has 0 amide bonds. The van der Waals surface area contributed by atoms with Crippen molar-refractivity contribution in [3.05, 3.63) is 73.9 Å². The maximum Gasteiger partial charge on any atom is 0.269 e. The molecule has 0 aliphatic rings. The van der Waals surface area contributed by atoms with Crippen molar-refractivity contribution in [1.82, 2.24) is 0 Å². The second-order valence-corrected chi connectivity index (χ2v) is 6.50. The van der Waals surface area contributed by atoms with Crippen molar-refractivity contribution in [2.24, 2.45) is 0 Å². The van der Waals surface area contributed by atoms with Gasteiger partial charge in [0, 0.05) is 12.1 Å². The lowest BCUT2D eigenvalue weighted by Crippen LogP contribution is -2.01. The lowest BCUT2D eigenvalue weighted by Gasteiger charge is -2.14. The number of non-ortho nitro benzene ring substituents is 1. The number of allylic oxidation sites excluding steroid dienone is 1. The molecule has 0 aliphatic carbocycles. The molecule has 0 fully saturated rings. The Morgan fingerprint density at radius 2 is 2.04 bits per heavy atom. The quantitative estimate of drug-likeness (QED) is 0.130. The fourth-order valence-corrected chi connectivity index (χ4v) is 3.11. The maximum atomic E-state index is 10.8. The summed E-state index contributed by atoms with van der Waals surface area (Å²) in [6.07, 6.45) is 3.37. The molecule has 0 spiro atoms. The Bertz CT molecular complexity index is 915. The van der Waals surface area contributed by atoms with Gasteiger partial charge in [0.15, 0.2) is 11.5 Å². The number of halogens is 1. The van der Waals surface area contributed by atoms with E-state index in [0.717, 1.165) is 9.13 Å². The van der Waals surface area contributed by atoms with Gasteiger partial charge in [-0.25, -0.2) is 0 Å². The Labute approximate surface area is 171 Å². The van der Waals surface area contributed by atoms with Crippen LogP contribution in [0.4, 0.5) is 5.69 Å². The van der Waals surface area contributed by atoms with E-state index in [4.69, 9.17) is 9.47 Å². The molecule has 0 heterocycles. The second kappa shape index (κ2) is 9.73. The van der Waals surface area contributed by atoms with Crippen molar-refractivity contribution in [3.8, 4) is 17.6 Å². The predicted octanol–water partition coefficient (Wildman–Crippen LogP) is 5.23. The molecule has 7 heteroatoms. The zero-order chi connectivity index (χ0) is 19.8. The van der Waals surface area contributed by atoms with E-state index < -0.39 is 4.92 Å². The number of benzene rings is 2. The van der Waals surface area contributed by atoms with Crippen molar-refractivity contribution in [3.63, 3.8) is 0 Å². The van der Waals surface area contributed by atoms with Crippen LogP contribution in [0.3, 0.4) is 0 Å². The fraction of sp³-hybridized carbons (Fsp3) is 0.150. The van der Waals surface area contributed by atoms with E-state index in [9.17, 15) is 15.4 Å². The van der Waals surface area contributed by atoms with Gasteiger partial charge in [-0.1, -0.05) is 12.7 Å². The molecule has 2 aromatic carbocycles. The normalized spacial score (nSPS) is 10.8. The van der Waals surface area contributed by atoms with Crippen LogP contribution in [-0.2, 0) is 0 Å². The lowest BCUT2D eigenvalue weighted by atomic mass is 10.0. The second-order valence-electron chi connectivity index (χ2n) is 5.34. The van der Waals surface area contributed by atoms with Crippen LogP contribution >= 0.6 is 22.6 Å². The minimum atomic E-state index is -0.474. The number of hydrogen-bond acceptors (Lipinski definition) is 5. The highest BCUT2D eigenvalue weighted by Crippen LogP contribution is 2.35. The lowest BCUT2D eigenvalue weighted by molar-refractivity contribution is -0.384. The Morgan fingerprint density at radius 1 is 1.33 bits per heavy atom. The van der Waals surface area contributed by atoms with E-state index in [2.05, 4.69) is 35.2 Å². The Morgan fingerprint density at radius 3 is 2.59 bits per heavy atom. The summed E-state index contributed by atoms with van der Waals surface area (Å²) in [6, 6.07) is 11.7. The first-order valence-corrected chi connectivity index (χ1v) is 9.14. The molecule has 0 unspecified atom stereocenters. The molecule has 27 heavy (non-hydrogen) atoms. The van der Waals surface area contributed by atoms with Gasteiger partial charge < -0.3 is 9.47 Å². The van der Waals surface area contributed by atoms with Gasteiger partial charge in [-0.15, -0.1) is 0 Å². The Hall–Kier alpha value is -2.86. The average molecular weight is 476 g/mol. The van der Waals surface area contributed by atoms with Crippen LogP contribution in [0, 0.1) is 25.0 Å². The largest absolute Gasteiger partial charge is 0.490 e. The number of rotatable bonds is 8. The van der Waals surface area contributed by atoms with Gasteiger partial charge in [0.1, 0.15) is 6.61 Å². The van der Waals surface area contributed by atoms with Crippen LogP contribution in [0.25, 0.3) is 11.6 Å². The van der Waals surface area contributed by atoms with Crippen LogP contribution < -0.4 is 9.47 Å². The van der Waals surface area contributed by atoms with Crippen molar-refractivity contribution < 1.29 is 14.4 Å². The van der Waals surface area contributed by atoms with Gasteiger partial charge in [0.2, 0.25) is 0 Å². The summed E-state index contributed by atoms with van der Waals surface area (Å²) in [5.41, 5.74) is 1.74. The third-order valence-electron chi connectivity index (χ3n) is 3.50. The van der Waals surface area contributed by atoms with Crippen LogP contribution in [0.15, 0.2) is 49.1 Å². The third-order valence-corrected chi connectivity index (χ3v) is 4.30. The summed E-state index contributed by atoms with van der Waals surface area (Å²) in [7, 11) is 0. The highest BCUT2D eigenvalue weighted by Gasteiger charge is 2.13. The fourth-order valence-electron chi connectivity index (χ4n) is 2.33. The molecule has 2 aromatic rings. The number of nitro groups is 1. The molecule has 0 bridgehead atoms. The molecule has 0 aromatic heterocycles. The van der Waals surface area contributed by atoms with Gasteiger partial charge in [-0.2, -0.15) is 5.26 Å². The molecule has 0 saturated carbocycles. The predicted molar refractivity (Wildman–Crippen MR) is 113 cm³/mol. The molecule has 138 valence electrons. The number of nitriles is 1. The highest BCUT2D eigenvalue weighted by molar-refractivity contribution is 14.1. The molecule has 0 radical (unpaired) electrons. The molecule has 0 atom stereocenters. The van der Waals surface area contributed by atoms with E-state index in [1.54, 1.807) is 30.4 Å². The summed E-state index contributed by atoms with van der Waals surface area (Å²) >= 11 is 2.15. The van der Waals surface area contributed by atoms with E-state index >= 15 is 0 Å². The minimum absolute atomic E-state index is 0.0204. The van der Waals surface area contributed by atoms with Gasteiger partial charge in [0.05, 0.1) is 26.7 Å². The first-order chi connectivity index (χ1) is 13.0. The van der Waals surface area contributed by atoms with E-state index in [1.807, 2.05) is 13.0 Å². The Kier molecular flexibility index (Phi) is 7.37. The summed E-state index contributed by atoms with van der Waals surface area (Å²) < 4.78 is 12.2. The topological polar surface area (TPSA) is 85.4 Å². The molecule has 0 saturated heterocycles. The standard InChI is InChI=1S/C20H17IN2O4/c1-3-9-27-20-18(21)11-14(12-19(20)26-4-2)10-16(13-22)15-5-7-17(8-6-15)23(24)25/h3,5-8,10-12H,1,4,9H2,2H3/b16-10+. The zero-order valence-corrected chi connectivity index (χ0v) is 16.8. The first kappa shape index (κ1) is 20.5. The van der Waals surface area contributed by atoms with Crippen LogP contribution in [0.1, 0.15) is 18.1 Å². The van der Waals surface area contributed by atoms with Gasteiger partial charge in [-0.3, -0.25) is 10.1 Å². The minimum Gasteiger partial charge on any atom is -0.490 e. The summed E-state index contributed by atoms with van der Waals surface area (Å²) in [5.74, 6) is 1.21. The van der Waals surface area contributed by atoms with E-state index in [1.165, 1.54) is 12.1 Å². The molecular formula is C20H17IN2O4. The van der Waals surface area contributed by atoms with Gasteiger partial charge in [0.25, 0.3) is 5.69 Å². The Balaban J connectivity index is 2.44. The molecular weight excluding hydrogens is 459 g/mol. The number of ether oxygens (including phenoxy) is 2. The van der Waals surface area contributed by atoms with Crippen molar-refractivity contribution in [2.75, 3.05) is 13.2 Å². The van der Waals surface area contributed by atoms with Crippen molar-refractivity contribution in [2.45, 2.75) is 6.92 Å². The molecule has 2 rings (SSSR count). The number of nitrogens with zero attached hydrogens (tertiary/aromatic N) is 2. The zero-order valence-electron chi connectivity index (χ0n) is 14.6. The van der Waals surface area contributed by atoms with E-state index in [-0.39, 0.29) is 5.69 Å². The average Bonchev–Trinajstić information content (AvgIpc) is 2.66. The smallest absolute Gasteiger partial charge is 0.269 e. The van der Waals surface area contributed by atoms with Crippen molar-refractivity contribution in [1.29, 1.82) is 5.26 Å². The molecule has 0 N–H and O–H groups in total. The number of nitro benzene ring substituents is 1. The third kappa shape index (κ3) is 5.31. The molecule has 0 aliphatic heterocycles. The first-order valence-electron chi connectivity index (χ1n) is 8.06. The van der Waals surface area contributed by atoms with Crippen LogP contribution in [-0.4, -0.2) is 18.1 Å². The summed E-state index contributed by atoms with van der Waals surface area (Å²) in [4.78, 5) is 10.3. The van der Waals surface area contributed by atoms with Crippen LogP contribution in [0.2, 0.25) is 0 Å². The van der Waals surface area contributed by atoms with E-state index in [0.29, 0.717) is 35.8 Å². The number of hydrogen-bond donors (Lipinski definition) is 0. The summed E-state index contributed by atoms with van der Waals surface area (Å²) in [6.45, 7) is 6.35.